The Kier molecular flexibility index (Phi) is 6.01. The molecule has 1 amide bonds. The van der Waals surface area contributed by atoms with Crippen LogP contribution in [0.5, 0.6) is 5.75 Å². The van der Waals surface area contributed by atoms with E-state index >= 15 is 0 Å². The molecule has 1 N–H and O–H groups in total. The third-order valence-corrected chi connectivity index (χ3v) is 4.56. The highest BCUT2D eigenvalue weighted by Gasteiger charge is 2.20. The molecule has 0 spiro atoms. The smallest absolute Gasteiger partial charge is 0.265 e. The number of carbonyl (C=O) groups is 1. The van der Waals surface area contributed by atoms with Crippen LogP contribution in [0, 0.1) is 6.92 Å². The quantitative estimate of drug-likeness (QED) is 0.862. The third kappa shape index (κ3) is 4.48. The van der Waals surface area contributed by atoms with Gasteiger partial charge < -0.3 is 19.7 Å². The lowest BCUT2D eigenvalue weighted by Crippen LogP contribution is -2.37. The van der Waals surface area contributed by atoms with Crippen LogP contribution in [0.1, 0.15) is 12.5 Å². The van der Waals surface area contributed by atoms with Gasteiger partial charge >= 0.3 is 0 Å². The molecule has 26 heavy (non-hydrogen) atoms. The Balaban J connectivity index is 1.69. The molecular weight excluding hydrogens is 352 g/mol. The second kappa shape index (κ2) is 8.43. The molecular formula is C20H23ClN2O3. The Hall–Kier alpha value is -2.24. The highest BCUT2D eigenvalue weighted by Crippen LogP contribution is 2.27. The molecule has 0 saturated carbocycles. The first-order valence-electron chi connectivity index (χ1n) is 8.70. The Morgan fingerprint density at radius 3 is 2.69 bits per heavy atom. The minimum atomic E-state index is -0.632. The first-order valence-corrected chi connectivity index (χ1v) is 9.08. The number of amides is 1. The number of halogens is 1. The monoisotopic (exact) mass is 374 g/mol. The van der Waals surface area contributed by atoms with Crippen molar-refractivity contribution in [1.29, 1.82) is 0 Å². The highest BCUT2D eigenvalue weighted by atomic mass is 35.5. The van der Waals surface area contributed by atoms with Gasteiger partial charge in [-0.3, -0.25) is 4.79 Å². The molecule has 0 bridgehead atoms. The zero-order chi connectivity index (χ0) is 18.5. The molecule has 0 radical (unpaired) electrons. The summed E-state index contributed by atoms with van der Waals surface area (Å²) in [5.41, 5.74) is 2.67. The molecule has 6 heteroatoms. The van der Waals surface area contributed by atoms with E-state index in [1.54, 1.807) is 19.1 Å². The zero-order valence-electron chi connectivity index (χ0n) is 15.0. The molecule has 0 unspecified atom stereocenters. The Morgan fingerprint density at radius 1 is 1.23 bits per heavy atom. The van der Waals surface area contributed by atoms with E-state index in [2.05, 4.69) is 10.2 Å². The van der Waals surface area contributed by atoms with Crippen LogP contribution in [-0.4, -0.2) is 38.3 Å². The standard InChI is InChI=1S/C20H23ClN2O3/c1-14-13-16(21)7-8-19(14)26-15(2)20(24)22-17-5-3-4-6-18(17)23-9-11-25-12-10-23/h3-8,13,15H,9-12H2,1-2H3,(H,22,24)/t15-/m0/s1. The first kappa shape index (κ1) is 18.5. The predicted octanol–water partition coefficient (Wildman–Crippen LogP) is 3.89. The summed E-state index contributed by atoms with van der Waals surface area (Å²) in [5.74, 6) is 0.457. The number of carbonyl (C=O) groups excluding carboxylic acids is 1. The number of hydrogen-bond acceptors (Lipinski definition) is 4. The number of rotatable bonds is 5. The lowest BCUT2D eigenvalue weighted by molar-refractivity contribution is -0.122. The lowest BCUT2D eigenvalue weighted by Gasteiger charge is -2.30. The van der Waals surface area contributed by atoms with Crippen molar-refractivity contribution in [3.05, 3.63) is 53.1 Å². The van der Waals surface area contributed by atoms with Gasteiger partial charge in [0.25, 0.3) is 5.91 Å². The van der Waals surface area contributed by atoms with Crippen molar-refractivity contribution in [2.75, 3.05) is 36.5 Å². The minimum absolute atomic E-state index is 0.194. The summed E-state index contributed by atoms with van der Waals surface area (Å²) in [7, 11) is 0. The van der Waals surface area contributed by atoms with Gasteiger partial charge in [0, 0.05) is 18.1 Å². The predicted molar refractivity (Wildman–Crippen MR) is 104 cm³/mol. The molecule has 0 aliphatic carbocycles. The van der Waals surface area contributed by atoms with Gasteiger partial charge in [0.15, 0.2) is 6.10 Å². The maximum absolute atomic E-state index is 12.6. The molecule has 1 heterocycles. The average Bonchev–Trinajstić information content (AvgIpc) is 2.65. The van der Waals surface area contributed by atoms with Crippen LogP contribution in [0.15, 0.2) is 42.5 Å². The fourth-order valence-electron chi connectivity index (χ4n) is 2.88. The van der Waals surface area contributed by atoms with E-state index in [9.17, 15) is 4.79 Å². The van der Waals surface area contributed by atoms with Gasteiger partial charge in [0.05, 0.1) is 24.6 Å². The Labute approximate surface area is 158 Å². The summed E-state index contributed by atoms with van der Waals surface area (Å²) in [6, 6.07) is 13.1. The molecule has 3 rings (SSSR count). The van der Waals surface area contributed by atoms with Crippen molar-refractivity contribution >= 4 is 28.9 Å². The molecule has 1 aliphatic rings. The molecule has 138 valence electrons. The summed E-state index contributed by atoms with van der Waals surface area (Å²) < 4.78 is 11.2. The lowest BCUT2D eigenvalue weighted by atomic mass is 10.2. The SMILES string of the molecule is Cc1cc(Cl)ccc1O[C@@H](C)C(=O)Nc1ccccc1N1CCOCC1. The highest BCUT2D eigenvalue weighted by molar-refractivity contribution is 6.30. The second-order valence-electron chi connectivity index (χ2n) is 6.28. The molecule has 2 aromatic carbocycles. The Bertz CT molecular complexity index is 775. The van der Waals surface area contributed by atoms with Gasteiger partial charge in [0.2, 0.25) is 0 Å². The second-order valence-corrected chi connectivity index (χ2v) is 6.71. The van der Waals surface area contributed by atoms with Gasteiger partial charge in [-0.2, -0.15) is 0 Å². The number of morpholine rings is 1. The minimum Gasteiger partial charge on any atom is -0.481 e. The number of aryl methyl sites for hydroxylation is 1. The van der Waals surface area contributed by atoms with Crippen LogP contribution < -0.4 is 15.0 Å². The summed E-state index contributed by atoms with van der Waals surface area (Å²) >= 11 is 5.97. The summed E-state index contributed by atoms with van der Waals surface area (Å²) in [6.07, 6.45) is -0.632. The van der Waals surface area contributed by atoms with Gasteiger partial charge in [-0.15, -0.1) is 0 Å². The third-order valence-electron chi connectivity index (χ3n) is 4.32. The molecule has 0 aromatic heterocycles. The van der Waals surface area contributed by atoms with Gasteiger partial charge in [-0.25, -0.2) is 0 Å². The van der Waals surface area contributed by atoms with Crippen LogP contribution in [0.25, 0.3) is 0 Å². The number of para-hydroxylation sites is 2. The molecule has 5 nitrogen and oxygen atoms in total. The van der Waals surface area contributed by atoms with Crippen molar-refractivity contribution in [1.82, 2.24) is 0 Å². The van der Waals surface area contributed by atoms with Crippen molar-refractivity contribution in [2.24, 2.45) is 0 Å². The Morgan fingerprint density at radius 2 is 1.96 bits per heavy atom. The maximum atomic E-state index is 12.6. The van der Waals surface area contributed by atoms with Gasteiger partial charge in [-0.05, 0) is 49.7 Å². The molecule has 1 aliphatic heterocycles. The van der Waals surface area contributed by atoms with Gasteiger partial charge in [-0.1, -0.05) is 23.7 Å². The van der Waals surface area contributed by atoms with Crippen LogP contribution in [-0.2, 0) is 9.53 Å². The van der Waals surface area contributed by atoms with Crippen molar-refractivity contribution in [3.63, 3.8) is 0 Å². The molecule has 1 atom stereocenters. The first-order chi connectivity index (χ1) is 12.5. The van der Waals surface area contributed by atoms with Gasteiger partial charge in [0.1, 0.15) is 5.75 Å². The van der Waals surface area contributed by atoms with E-state index in [4.69, 9.17) is 21.1 Å². The average molecular weight is 375 g/mol. The number of nitrogens with one attached hydrogen (secondary N) is 1. The van der Waals surface area contributed by atoms with E-state index in [0.717, 1.165) is 30.0 Å². The largest absolute Gasteiger partial charge is 0.481 e. The van der Waals surface area contributed by atoms with Crippen molar-refractivity contribution in [2.45, 2.75) is 20.0 Å². The van der Waals surface area contributed by atoms with E-state index in [1.165, 1.54) is 0 Å². The van der Waals surface area contributed by atoms with Crippen LogP contribution in [0.2, 0.25) is 5.02 Å². The van der Waals surface area contributed by atoms with E-state index in [1.807, 2.05) is 37.3 Å². The number of ether oxygens (including phenoxy) is 2. The van der Waals surface area contributed by atoms with Crippen molar-refractivity contribution in [3.8, 4) is 5.75 Å². The number of nitrogens with zero attached hydrogens (tertiary/aromatic N) is 1. The van der Waals surface area contributed by atoms with Crippen LogP contribution in [0.4, 0.5) is 11.4 Å². The van der Waals surface area contributed by atoms with Crippen LogP contribution >= 0.6 is 11.6 Å². The zero-order valence-corrected chi connectivity index (χ0v) is 15.8. The van der Waals surface area contributed by atoms with E-state index in [-0.39, 0.29) is 5.91 Å². The fourth-order valence-corrected chi connectivity index (χ4v) is 3.11. The molecule has 2 aromatic rings. The summed E-state index contributed by atoms with van der Waals surface area (Å²) in [6.45, 7) is 6.64. The maximum Gasteiger partial charge on any atom is 0.265 e. The van der Waals surface area contributed by atoms with Crippen molar-refractivity contribution < 1.29 is 14.3 Å². The number of hydrogen-bond donors (Lipinski definition) is 1. The number of anilines is 2. The summed E-state index contributed by atoms with van der Waals surface area (Å²) in [4.78, 5) is 14.8. The normalized spacial score (nSPS) is 15.4. The topological polar surface area (TPSA) is 50.8 Å². The van der Waals surface area contributed by atoms with E-state index < -0.39 is 6.10 Å². The summed E-state index contributed by atoms with van der Waals surface area (Å²) in [5, 5.41) is 3.63. The molecule has 1 saturated heterocycles. The number of benzene rings is 2. The van der Waals surface area contributed by atoms with Crippen LogP contribution in [0.3, 0.4) is 0 Å². The fraction of sp³-hybridized carbons (Fsp3) is 0.350. The molecule has 1 fully saturated rings. The van der Waals surface area contributed by atoms with E-state index in [0.29, 0.717) is 24.0 Å².